The van der Waals surface area contributed by atoms with Gasteiger partial charge < -0.3 is 4.74 Å². The Morgan fingerprint density at radius 1 is 1.46 bits per heavy atom. The number of nitrogens with zero attached hydrogens (tertiary/aromatic N) is 1. The molecule has 2 nitrogen and oxygen atoms in total. The van der Waals surface area contributed by atoms with Gasteiger partial charge >= 0.3 is 0 Å². The maximum Gasteiger partial charge on any atom is 0.190 e. The van der Waals surface area contributed by atoms with Crippen molar-refractivity contribution in [2.75, 3.05) is 6.61 Å². The lowest BCUT2D eigenvalue weighted by Gasteiger charge is -2.04. The van der Waals surface area contributed by atoms with Gasteiger partial charge in [-0.15, -0.1) is 0 Å². The third-order valence-electron chi connectivity index (χ3n) is 2.13. The number of rotatable bonds is 3. The fraction of sp³-hybridized carbons (Fsp3) is 0.364. The van der Waals surface area contributed by atoms with Crippen LogP contribution in [0.5, 0.6) is 5.75 Å². The van der Waals surface area contributed by atoms with Crippen LogP contribution in [0.3, 0.4) is 0 Å². The molecule has 0 heterocycles. The third kappa shape index (κ3) is 2.22. The van der Waals surface area contributed by atoms with Crippen molar-refractivity contribution in [1.82, 2.24) is 0 Å². The Bertz CT molecular complexity index is 336. The first-order valence-corrected chi connectivity index (χ1v) is 4.49. The molecule has 0 saturated heterocycles. The Morgan fingerprint density at radius 2 is 2.31 bits per heavy atom. The molecule has 0 N–H and O–H groups in total. The first kappa shape index (κ1) is 8.12. The molecule has 0 aliphatic heterocycles. The highest BCUT2D eigenvalue weighted by Gasteiger charge is 2.21. The zero-order chi connectivity index (χ0) is 9.10. The highest BCUT2D eigenvalue weighted by atomic mass is 16.5. The summed E-state index contributed by atoms with van der Waals surface area (Å²) < 4.78 is 5.53. The molecule has 2 rings (SSSR count). The highest BCUT2D eigenvalue weighted by molar-refractivity contribution is 5.48. The first-order chi connectivity index (χ1) is 6.38. The van der Waals surface area contributed by atoms with Crippen LogP contribution in [-0.4, -0.2) is 6.61 Å². The van der Waals surface area contributed by atoms with Crippen molar-refractivity contribution in [3.63, 3.8) is 0 Å². The van der Waals surface area contributed by atoms with Crippen LogP contribution in [0.2, 0.25) is 0 Å². The van der Waals surface area contributed by atoms with Crippen LogP contribution in [-0.2, 0) is 0 Å². The molecular formula is C11H11NO. The van der Waals surface area contributed by atoms with Gasteiger partial charge in [-0.05, 0) is 30.9 Å². The molecule has 0 spiro atoms. The van der Waals surface area contributed by atoms with E-state index < -0.39 is 0 Å². The molecule has 1 aliphatic rings. The normalized spacial score (nSPS) is 15.0. The summed E-state index contributed by atoms with van der Waals surface area (Å²) in [7, 11) is 0. The quantitative estimate of drug-likeness (QED) is 0.640. The van der Waals surface area contributed by atoms with Gasteiger partial charge in [-0.3, -0.25) is 0 Å². The number of ether oxygens (including phenoxy) is 1. The van der Waals surface area contributed by atoms with Gasteiger partial charge in [0.15, 0.2) is 5.69 Å². The summed E-state index contributed by atoms with van der Waals surface area (Å²) in [5, 5.41) is 0. The number of benzene rings is 1. The van der Waals surface area contributed by atoms with E-state index in [9.17, 15) is 0 Å². The van der Waals surface area contributed by atoms with Crippen molar-refractivity contribution in [3.05, 3.63) is 35.7 Å². The monoisotopic (exact) mass is 173 g/mol. The van der Waals surface area contributed by atoms with Crippen molar-refractivity contribution in [2.45, 2.75) is 12.8 Å². The molecule has 1 aromatic rings. The molecule has 13 heavy (non-hydrogen) atoms. The Balaban J connectivity index is 1.98. The second kappa shape index (κ2) is 3.49. The molecular weight excluding hydrogens is 162 g/mol. The molecule has 0 bridgehead atoms. The zero-order valence-corrected chi connectivity index (χ0v) is 7.36. The van der Waals surface area contributed by atoms with Crippen molar-refractivity contribution >= 4 is 5.69 Å². The Kier molecular flexibility index (Phi) is 2.18. The van der Waals surface area contributed by atoms with Gasteiger partial charge in [0.05, 0.1) is 13.2 Å². The Labute approximate surface area is 78.0 Å². The van der Waals surface area contributed by atoms with E-state index >= 15 is 0 Å². The van der Waals surface area contributed by atoms with Gasteiger partial charge in [0.1, 0.15) is 5.75 Å². The Morgan fingerprint density at radius 3 is 3.00 bits per heavy atom. The predicted octanol–water partition coefficient (Wildman–Crippen LogP) is 3.03. The van der Waals surface area contributed by atoms with Crippen LogP contribution >= 0.6 is 0 Å². The maximum atomic E-state index is 6.84. The molecule has 66 valence electrons. The molecule has 1 aliphatic carbocycles. The minimum Gasteiger partial charge on any atom is -0.495 e. The van der Waals surface area contributed by atoms with E-state index in [0.29, 0.717) is 5.69 Å². The van der Waals surface area contributed by atoms with E-state index in [1.807, 2.05) is 12.1 Å². The summed E-state index contributed by atoms with van der Waals surface area (Å²) in [5.74, 6) is 1.58. The standard InChI is InChI=1S/C11H11NO/c1-12-10-3-2-4-11(7-10)13-8-9-5-6-9/h2-4,7,9H,5-6,8H2. The molecule has 0 atom stereocenters. The summed E-state index contributed by atoms with van der Waals surface area (Å²) in [6.07, 6.45) is 2.59. The molecule has 2 heteroatoms. The minimum atomic E-state index is 0.647. The van der Waals surface area contributed by atoms with Crippen molar-refractivity contribution < 1.29 is 4.74 Å². The lowest BCUT2D eigenvalue weighted by molar-refractivity contribution is 0.300. The smallest absolute Gasteiger partial charge is 0.190 e. The first-order valence-electron chi connectivity index (χ1n) is 4.49. The Hall–Kier alpha value is -1.49. The van der Waals surface area contributed by atoms with Crippen LogP contribution in [0.15, 0.2) is 24.3 Å². The van der Waals surface area contributed by atoms with Crippen LogP contribution in [0.25, 0.3) is 4.85 Å². The van der Waals surface area contributed by atoms with E-state index in [-0.39, 0.29) is 0 Å². The van der Waals surface area contributed by atoms with Crippen LogP contribution in [0, 0.1) is 12.5 Å². The van der Waals surface area contributed by atoms with Gasteiger partial charge in [0.2, 0.25) is 0 Å². The van der Waals surface area contributed by atoms with E-state index in [0.717, 1.165) is 18.3 Å². The maximum absolute atomic E-state index is 6.84. The molecule has 1 aromatic carbocycles. The molecule has 1 fully saturated rings. The largest absolute Gasteiger partial charge is 0.495 e. The second-order valence-electron chi connectivity index (χ2n) is 3.36. The lowest BCUT2D eigenvalue weighted by atomic mass is 10.3. The number of hydrogen-bond acceptors (Lipinski definition) is 1. The van der Waals surface area contributed by atoms with E-state index in [1.165, 1.54) is 12.8 Å². The predicted molar refractivity (Wildman–Crippen MR) is 50.9 cm³/mol. The summed E-state index contributed by atoms with van der Waals surface area (Å²) in [4.78, 5) is 3.34. The summed E-state index contributed by atoms with van der Waals surface area (Å²) in [6.45, 7) is 7.65. The van der Waals surface area contributed by atoms with Gasteiger partial charge in [-0.1, -0.05) is 12.1 Å². The van der Waals surface area contributed by atoms with Crippen molar-refractivity contribution in [2.24, 2.45) is 5.92 Å². The minimum absolute atomic E-state index is 0.647. The lowest BCUT2D eigenvalue weighted by Crippen LogP contribution is -1.98. The SMILES string of the molecule is [C-]#[N+]c1cccc(OCC2CC2)c1. The summed E-state index contributed by atoms with van der Waals surface area (Å²) in [6, 6.07) is 7.33. The molecule has 0 unspecified atom stereocenters. The molecule has 0 amide bonds. The van der Waals surface area contributed by atoms with E-state index in [2.05, 4.69) is 4.85 Å². The number of hydrogen-bond donors (Lipinski definition) is 0. The summed E-state index contributed by atoms with van der Waals surface area (Å²) in [5.41, 5.74) is 0.647. The second-order valence-corrected chi connectivity index (χ2v) is 3.36. The summed E-state index contributed by atoms with van der Waals surface area (Å²) >= 11 is 0. The van der Waals surface area contributed by atoms with Crippen molar-refractivity contribution in [3.8, 4) is 5.75 Å². The fourth-order valence-electron chi connectivity index (χ4n) is 1.14. The van der Waals surface area contributed by atoms with E-state index in [4.69, 9.17) is 11.3 Å². The van der Waals surface area contributed by atoms with Gasteiger partial charge in [-0.2, -0.15) is 0 Å². The molecule has 0 radical (unpaired) electrons. The third-order valence-corrected chi connectivity index (χ3v) is 2.13. The zero-order valence-electron chi connectivity index (χ0n) is 7.36. The van der Waals surface area contributed by atoms with Gasteiger partial charge in [0.25, 0.3) is 0 Å². The fourth-order valence-corrected chi connectivity index (χ4v) is 1.14. The van der Waals surface area contributed by atoms with Crippen LogP contribution in [0.1, 0.15) is 12.8 Å². The highest BCUT2D eigenvalue weighted by Crippen LogP contribution is 2.30. The van der Waals surface area contributed by atoms with E-state index in [1.54, 1.807) is 12.1 Å². The van der Waals surface area contributed by atoms with Crippen LogP contribution in [0.4, 0.5) is 5.69 Å². The average molecular weight is 173 g/mol. The molecule has 1 saturated carbocycles. The topological polar surface area (TPSA) is 13.6 Å². The molecule has 0 aromatic heterocycles. The van der Waals surface area contributed by atoms with Crippen LogP contribution < -0.4 is 4.74 Å². The van der Waals surface area contributed by atoms with Gasteiger partial charge in [0, 0.05) is 0 Å². The average Bonchev–Trinajstić information content (AvgIpc) is 2.99. The van der Waals surface area contributed by atoms with Gasteiger partial charge in [-0.25, -0.2) is 4.85 Å². The van der Waals surface area contributed by atoms with Crippen molar-refractivity contribution in [1.29, 1.82) is 0 Å².